The minimum atomic E-state index is 0.535. The first-order valence-electron chi connectivity index (χ1n) is 9.39. The number of aromatic nitrogens is 3. The lowest BCUT2D eigenvalue weighted by molar-refractivity contribution is 0.562. The van der Waals surface area contributed by atoms with Gasteiger partial charge in [-0.2, -0.15) is 0 Å². The summed E-state index contributed by atoms with van der Waals surface area (Å²) in [7, 11) is 2.05. The molecule has 1 N–H and O–H groups in total. The minimum Gasteiger partial charge on any atom is -0.324 e. The van der Waals surface area contributed by atoms with Crippen molar-refractivity contribution in [3.05, 3.63) is 46.7 Å². The van der Waals surface area contributed by atoms with Crippen LogP contribution in [0.3, 0.4) is 0 Å². The first kappa shape index (κ1) is 18.7. The average Bonchev–Trinajstić information content (AvgIpc) is 2.95. The highest BCUT2D eigenvalue weighted by Crippen LogP contribution is 2.36. The van der Waals surface area contributed by atoms with Crippen LogP contribution in [0.25, 0.3) is 11.0 Å². The third-order valence-corrected chi connectivity index (χ3v) is 5.31. The SMILES string of the molecule is CCCC(CCC)c1ccc(Cl)c2nc(Nc3cnccc3C)n(C)c12. The Morgan fingerprint density at radius 3 is 2.54 bits per heavy atom. The Bertz CT molecular complexity index is 894. The van der Waals surface area contributed by atoms with Gasteiger partial charge in [0, 0.05) is 13.2 Å². The van der Waals surface area contributed by atoms with Crippen LogP contribution >= 0.6 is 11.6 Å². The van der Waals surface area contributed by atoms with Gasteiger partial charge in [0.15, 0.2) is 0 Å². The van der Waals surface area contributed by atoms with Gasteiger partial charge in [0.1, 0.15) is 5.52 Å². The highest BCUT2D eigenvalue weighted by atomic mass is 35.5. The van der Waals surface area contributed by atoms with E-state index in [9.17, 15) is 0 Å². The fraction of sp³-hybridized carbons (Fsp3) is 0.429. The predicted molar refractivity (Wildman–Crippen MR) is 111 cm³/mol. The number of hydrogen-bond acceptors (Lipinski definition) is 3. The third-order valence-electron chi connectivity index (χ3n) is 5.00. The van der Waals surface area contributed by atoms with Crippen LogP contribution in [0, 0.1) is 6.92 Å². The molecule has 0 bridgehead atoms. The summed E-state index contributed by atoms with van der Waals surface area (Å²) in [5, 5.41) is 4.11. The lowest BCUT2D eigenvalue weighted by Gasteiger charge is -2.18. The van der Waals surface area contributed by atoms with Gasteiger partial charge in [0.2, 0.25) is 5.95 Å². The quantitative estimate of drug-likeness (QED) is 0.526. The molecule has 138 valence electrons. The van der Waals surface area contributed by atoms with Gasteiger partial charge < -0.3 is 9.88 Å². The zero-order valence-corrected chi connectivity index (χ0v) is 16.8. The Balaban J connectivity index is 2.11. The van der Waals surface area contributed by atoms with Crippen LogP contribution in [0.1, 0.15) is 56.6 Å². The van der Waals surface area contributed by atoms with E-state index in [1.807, 2.05) is 18.3 Å². The highest BCUT2D eigenvalue weighted by molar-refractivity contribution is 6.35. The number of nitrogens with zero attached hydrogens (tertiary/aromatic N) is 3. The molecule has 0 radical (unpaired) electrons. The standard InChI is InChI=1S/C21H27ClN4/c1-5-7-15(8-6-2)16-9-10-17(22)19-20(16)26(4)21(25-19)24-18-13-23-12-11-14(18)3/h9-13,15H,5-8H2,1-4H3,(H,24,25). The number of imidazole rings is 1. The summed E-state index contributed by atoms with van der Waals surface area (Å²) in [5.74, 6) is 1.32. The molecule has 26 heavy (non-hydrogen) atoms. The summed E-state index contributed by atoms with van der Waals surface area (Å²) in [4.78, 5) is 9.02. The summed E-state index contributed by atoms with van der Waals surface area (Å²) < 4.78 is 2.13. The van der Waals surface area contributed by atoms with Gasteiger partial charge in [-0.25, -0.2) is 4.98 Å². The first-order chi connectivity index (χ1) is 12.6. The van der Waals surface area contributed by atoms with Gasteiger partial charge in [-0.1, -0.05) is 44.4 Å². The zero-order chi connectivity index (χ0) is 18.7. The predicted octanol–water partition coefficient (Wildman–Crippen LogP) is 6.36. The molecule has 3 rings (SSSR count). The maximum absolute atomic E-state index is 6.49. The highest BCUT2D eigenvalue weighted by Gasteiger charge is 2.20. The molecule has 0 aliphatic heterocycles. The van der Waals surface area contributed by atoms with Gasteiger partial charge in [-0.05, 0) is 48.9 Å². The van der Waals surface area contributed by atoms with Crippen LogP contribution in [0.5, 0.6) is 0 Å². The lowest BCUT2D eigenvalue weighted by atomic mass is 9.89. The van der Waals surface area contributed by atoms with Crippen molar-refractivity contribution in [2.24, 2.45) is 7.05 Å². The van der Waals surface area contributed by atoms with Gasteiger partial charge in [0.05, 0.1) is 22.4 Å². The van der Waals surface area contributed by atoms with Crippen molar-refractivity contribution in [2.45, 2.75) is 52.4 Å². The fourth-order valence-corrected chi connectivity index (χ4v) is 3.82. The van der Waals surface area contributed by atoms with E-state index in [0.717, 1.165) is 28.2 Å². The number of halogens is 1. The monoisotopic (exact) mass is 370 g/mol. The molecular formula is C21H27ClN4. The third kappa shape index (κ3) is 3.56. The molecule has 0 saturated carbocycles. The molecule has 3 aromatic rings. The van der Waals surface area contributed by atoms with Crippen LogP contribution in [-0.4, -0.2) is 14.5 Å². The molecule has 0 unspecified atom stereocenters. The maximum atomic E-state index is 6.49. The van der Waals surface area contributed by atoms with Gasteiger partial charge in [-0.3, -0.25) is 4.98 Å². The Hall–Kier alpha value is -2.07. The van der Waals surface area contributed by atoms with Gasteiger partial charge in [-0.15, -0.1) is 0 Å². The molecule has 2 heterocycles. The second-order valence-electron chi connectivity index (χ2n) is 6.92. The van der Waals surface area contributed by atoms with E-state index in [-0.39, 0.29) is 0 Å². The lowest BCUT2D eigenvalue weighted by Crippen LogP contribution is -2.04. The number of pyridine rings is 1. The Morgan fingerprint density at radius 1 is 1.15 bits per heavy atom. The summed E-state index contributed by atoms with van der Waals surface area (Å²) >= 11 is 6.49. The van der Waals surface area contributed by atoms with E-state index >= 15 is 0 Å². The van der Waals surface area contributed by atoms with Crippen LogP contribution in [0.4, 0.5) is 11.6 Å². The molecule has 0 aliphatic rings. The molecule has 0 fully saturated rings. The van der Waals surface area contributed by atoms with Crippen molar-refractivity contribution in [1.29, 1.82) is 0 Å². The molecule has 0 saturated heterocycles. The molecule has 0 spiro atoms. The van der Waals surface area contributed by atoms with Crippen LogP contribution in [0.2, 0.25) is 5.02 Å². The summed E-state index contributed by atoms with van der Waals surface area (Å²) in [6.45, 7) is 6.55. The largest absolute Gasteiger partial charge is 0.324 e. The molecule has 0 aliphatic carbocycles. The second kappa shape index (κ2) is 8.09. The van der Waals surface area contributed by atoms with E-state index < -0.39 is 0 Å². The molecule has 4 nitrogen and oxygen atoms in total. The van der Waals surface area contributed by atoms with E-state index in [0.29, 0.717) is 10.9 Å². The summed E-state index contributed by atoms with van der Waals surface area (Å²) in [6, 6.07) is 6.16. The topological polar surface area (TPSA) is 42.7 Å². The van der Waals surface area contributed by atoms with E-state index in [1.54, 1.807) is 6.20 Å². The molecule has 5 heteroatoms. The Labute approximate surface area is 160 Å². The molecule has 1 aromatic carbocycles. The van der Waals surface area contributed by atoms with Gasteiger partial charge >= 0.3 is 0 Å². The summed E-state index contributed by atoms with van der Waals surface area (Å²) in [5.41, 5.74) is 5.44. The van der Waals surface area contributed by atoms with Crippen LogP contribution in [-0.2, 0) is 7.05 Å². The fourth-order valence-electron chi connectivity index (χ4n) is 3.63. The van der Waals surface area contributed by atoms with Crippen molar-refractivity contribution in [2.75, 3.05) is 5.32 Å². The minimum absolute atomic E-state index is 0.535. The number of fused-ring (bicyclic) bond motifs is 1. The number of benzene rings is 1. The molecule has 0 amide bonds. The summed E-state index contributed by atoms with van der Waals surface area (Å²) in [6.07, 6.45) is 8.33. The number of aryl methyl sites for hydroxylation is 2. The number of rotatable bonds is 7. The number of nitrogens with one attached hydrogen (secondary N) is 1. The van der Waals surface area contributed by atoms with Crippen molar-refractivity contribution in [1.82, 2.24) is 14.5 Å². The Morgan fingerprint density at radius 2 is 1.88 bits per heavy atom. The first-order valence-corrected chi connectivity index (χ1v) is 9.77. The van der Waals surface area contributed by atoms with E-state index in [4.69, 9.17) is 16.6 Å². The van der Waals surface area contributed by atoms with Gasteiger partial charge in [0.25, 0.3) is 0 Å². The smallest absolute Gasteiger partial charge is 0.208 e. The van der Waals surface area contributed by atoms with Crippen molar-refractivity contribution in [3.8, 4) is 0 Å². The van der Waals surface area contributed by atoms with Crippen LogP contribution in [0.15, 0.2) is 30.6 Å². The molecular weight excluding hydrogens is 344 g/mol. The van der Waals surface area contributed by atoms with Crippen molar-refractivity contribution < 1.29 is 0 Å². The normalized spacial score (nSPS) is 11.5. The van der Waals surface area contributed by atoms with Crippen LogP contribution < -0.4 is 5.32 Å². The number of hydrogen-bond donors (Lipinski definition) is 1. The Kier molecular flexibility index (Phi) is 5.82. The van der Waals surface area contributed by atoms with Crippen molar-refractivity contribution in [3.63, 3.8) is 0 Å². The zero-order valence-electron chi connectivity index (χ0n) is 16.0. The van der Waals surface area contributed by atoms with E-state index in [1.165, 1.54) is 31.2 Å². The second-order valence-corrected chi connectivity index (χ2v) is 7.33. The maximum Gasteiger partial charge on any atom is 0.208 e. The van der Waals surface area contributed by atoms with Crippen molar-refractivity contribution >= 4 is 34.3 Å². The van der Waals surface area contributed by atoms with E-state index in [2.05, 4.69) is 48.8 Å². The molecule has 2 aromatic heterocycles. The molecule has 0 atom stereocenters. The average molecular weight is 371 g/mol. The number of anilines is 2.